The number of rotatable bonds is 6. The fourth-order valence-electron chi connectivity index (χ4n) is 4.80. The van der Waals surface area contributed by atoms with Gasteiger partial charge in [0.25, 0.3) is 5.91 Å². The summed E-state index contributed by atoms with van der Waals surface area (Å²) in [5.41, 5.74) is -0.250. The quantitative estimate of drug-likeness (QED) is 0.378. The molecular weight excluding hydrogens is 452 g/mol. The molecule has 9 heteroatoms. The van der Waals surface area contributed by atoms with Crippen LogP contribution >= 0.6 is 11.8 Å². The van der Waals surface area contributed by atoms with E-state index in [0.717, 1.165) is 30.6 Å². The summed E-state index contributed by atoms with van der Waals surface area (Å²) in [5, 5.41) is 7.56. The number of fused-ring (bicyclic) bond motifs is 1. The lowest BCUT2D eigenvalue weighted by molar-refractivity contribution is -0.127. The maximum atomic E-state index is 13.8. The second-order valence-electron chi connectivity index (χ2n) is 9.07. The van der Waals surface area contributed by atoms with Crippen LogP contribution in [0.1, 0.15) is 73.3 Å². The van der Waals surface area contributed by atoms with Crippen molar-refractivity contribution in [3.8, 4) is 0 Å². The molecule has 2 aromatic rings. The van der Waals surface area contributed by atoms with Gasteiger partial charge in [0.05, 0.1) is 13.2 Å². The van der Waals surface area contributed by atoms with Crippen LogP contribution in [0.2, 0.25) is 0 Å². The minimum atomic E-state index is -1.22. The number of amides is 2. The van der Waals surface area contributed by atoms with Gasteiger partial charge in [0.1, 0.15) is 11.2 Å². The lowest BCUT2D eigenvalue weighted by Gasteiger charge is -2.43. The predicted molar refractivity (Wildman–Crippen MR) is 131 cm³/mol. The normalized spacial score (nSPS) is 21.0. The fraction of sp³-hybridized carbons (Fsp3) is 0.520. The summed E-state index contributed by atoms with van der Waals surface area (Å²) in [6.45, 7) is 3.84. The van der Waals surface area contributed by atoms with Gasteiger partial charge < -0.3 is 10.1 Å². The number of anilines is 1. The lowest BCUT2D eigenvalue weighted by Crippen LogP contribution is -2.65. The standard InChI is InChI=1S/C25H32N4O4S/c1-4-33-23(31)20-15-21-22(30)29(18-12-9-13-19(14-18)34-3)25(2,16-28(21)27-20)24(32)26-17-10-7-5-6-8-11-17/h9,12-15,17H,4-8,10-11,16H2,1-3H3,(H,26,32)/t25-/m1/s1. The van der Waals surface area contributed by atoms with Crippen molar-refractivity contribution in [1.29, 1.82) is 0 Å². The van der Waals surface area contributed by atoms with E-state index in [1.165, 1.54) is 23.6 Å². The molecule has 1 fully saturated rings. The molecule has 1 aliphatic carbocycles. The first-order chi connectivity index (χ1) is 16.4. The van der Waals surface area contributed by atoms with Crippen LogP contribution in [0.15, 0.2) is 35.2 Å². The average Bonchev–Trinajstić information content (AvgIpc) is 3.08. The molecule has 2 amide bonds. The molecule has 0 unspecified atom stereocenters. The van der Waals surface area contributed by atoms with Crippen LogP contribution in [-0.2, 0) is 16.1 Å². The van der Waals surface area contributed by atoms with Crippen LogP contribution in [0.4, 0.5) is 5.69 Å². The van der Waals surface area contributed by atoms with Crippen molar-refractivity contribution < 1.29 is 19.1 Å². The highest BCUT2D eigenvalue weighted by Gasteiger charge is 2.49. The highest BCUT2D eigenvalue weighted by atomic mass is 32.2. The van der Waals surface area contributed by atoms with Crippen molar-refractivity contribution in [1.82, 2.24) is 15.1 Å². The van der Waals surface area contributed by atoms with E-state index < -0.39 is 11.5 Å². The van der Waals surface area contributed by atoms with Gasteiger partial charge in [-0.15, -0.1) is 11.8 Å². The molecule has 1 atom stereocenters. The summed E-state index contributed by atoms with van der Waals surface area (Å²) in [6, 6.07) is 9.15. The second kappa shape index (κ2) is 10.2. The van der Waals surface area contributed by atoms with E-state index in [1.54, 1.807) is 30.5 Å². The molecule has 182 valence electrons. The highest BCUT2D eigenvalue weighted by Crippen LogP contribution is 2.35. The Morgan fingerprint density at radius 3 is 2.62 bits per heavy atom. The number of carbonyl (C=O) groups is 3. The van der Waals surface area contributed by atoms with Crippen molar-refractivity contribution in [3.05, 3.63) is 41.7 Å². The molecule has 2 heterocycles. The molecule has 34 heavy (non-hydrogen) atoms. The van der Waals surface area contributed by atoms with Crippen LogP contribution in [-0.4, -0.2) is 52.0 Å². The zero-order valence-corrected chi connectivity index (χ0v) is 20.8. The Bertz CT molecular complexity index is 1080. The zero-order valence-electron chi connectivity index (χ0n) is 20.0. The third-order valence-electron chi connectivity index (χ3n) is 6.63. The van der Waals surface area contributed by atoms with E-state index >= 15 is 0 Å². The molecule has 8 nitrogen and oxygen atoms in total. The first-order valence-corrected chi connectivity index (χ1v) is 13.1. The molecule has 1 aromatic carbocycles. The van der Waals surface area contributed by atoms with Crippen LogP contribution < -0.4 is 10.2 Å². The molecule has 1 aromatic heterocycles. The van der Waals surface area contributed by atoms with Gasteiger partial charge in [0.2, 0.25) is 5.91 Å². The SMILES string of the molecule is CCOC(=O)c1cc2n(n1)C[C@](C)(C(=O)NC1CCCCCC1)N(c1cccc(SC)c1)C2=O. The molecule has 4 rings (SSSR count). The summed E-state index contributed by atoms with van der Waals surface area (Å²) < 4.78 is 6.54. The minimum Gasteiger partial charge on any atom is -0.461 e. The zero-order chi connectivity index (χ0) is 24.3. The first-order valence-electron chi connectivity index (χ1n) is 11.9. The largest absolute Gasteiger partial charge is 0.461 e. The Kier molecular flexibility index (Phi) is 7.30. The van der Waals surface area contributed by atoms with E-state index in [-0.39, 0.29) is 42.4 Å². The van der Waals surface area contributed by atoms with Crippen LogP contribution in [0, 0.1) is 0 Å². The molecule has 0 spiro atoms. The monoisotopic (exact) mass is 484 g/mol. The third-order valence-corrected chi connectivity index (χ3v) is 7.35. The maximum Gasteiger partial charge on any atom is 0.358 e. The van der Waals surface area contributed by atoms with E-state index in [4.69, 9.17) is 4.74 Å². The number of carbonyl (C=O) groups excluding carboxylic acids is 3. The van der Waals surface area contributed by atoms with Crippen molar-refractivity contribution in [2.24, 2.45) is 0 Å². The van der Waals surface area contributed by atoms with Gasteiger partial charge in [0.15, 0.2) is 5.69 Å². The smallest absolute Gasteiger partial charge is 0.358 e. The van der Waals surface area contributed by atoms with Gasteiger partial charge in [-0.1, -0.05) is 31.7 Å². The van der Waals surface area contributed by atoms with Crippen molar-refractivity contribution >= 4 is 35.2 Å². The number of esters is 1. The number of nitrogens with zero attached hydrogens (tertiary/aromatic N) is 3. The summed E-state index contributed by atoms with van der Waals surface area (Å²) in [5.74, 6) is -1.16. The van der Waals surface area contributed by atoms with Crippen molar-refractivity contribution in [3.63, 3.8) is 0 Å². The predicted octanol–water partition coefficient (Wildman–Crippen LogP) is 4.04. The highest BCUT2D eigenvalue weighted by molar-refractivity contribution is 7.98. The second-order valence-corrected chi connectivity index (χ2v) is 9.95. The Hall–Kier alpha value is -2.81. The van der Waals surface area contributed by atoms with Gasteiger partial charge in [-0.2, -0.15) is 5.10 Å². The number of hydrogen-bond donors (Lipinski definition) is 1. The number of hydrogen-bond acceptors (Lipinski definition) is 6. The summed E-state index contributed by atoms with van der Waals surface area (Å²) >= 11 is 1.57. The molecule has 1 saturated carbocycles. The van der Waals surface area contributed by atoms with Gasteiger partial charge in [-0.3, -0.25) is 19.2 Å². The molecule has 0 bridgehead atoms. The Morgan fingerprint density at radius 1 is 1.21 bits per heavy atom. The first kappa shape index (κ1) is 24.3. The van der Waals surface area contributed by atoms with Crippen molar-refractivity contribution in [2.45, 2.75) is 75.4 Å². The van der Waals surface area contributed by atoms with E-state index in [2.05, 4.69) is 10.4 Å². The maximum absolute atomic E-state index is 13.8. The number of thioether (sulfide) groups is 1. The Morgan fingerprint density at radius 2 is 1.94 bits per heavy atom. The lowest BCUT2D eigenvalue weighted by atomic mass is 9.93. The van der Waals surface area contributed by atoms with Gasteiger partial charge >= 0.3 is 5.97 Å². The van der Waals surface area contributed by atoms with Gasteiger partial charge in [-0.25, -0.2) is 4.79 Å². The van der Waals surface area contributed by atoms with E-state index in [0.29, 0.717) is 5.69 Å². The Balaban J connectivity index is 1.74. The third kappa shape index (κ3) is 4.71. The Labute approximate surface area is 204 Å². The summed E-state index contributed by atoms with van der Waals surface area (Å²) in [7, 11) is 0. The van der Waals surface area contributed by atoms with E-state index in [9.17, 15) is 14.4 Å². The van der Waals surface area contributed by atoms with Crippen LogP contribution in [0.5, 0.6) is 0 Å². The topological polar surface area (TPSA) is 93.5 Å². The van der Waals surface area contributed by atoms with Crippen LogP contribution in [0.25, 0.3) is 0 Å². The molecular formula is C25H32N4O4S. The van der Waals surface area contributed by atoms with Gasteiger partial charge in [0, 0.05) is 22.7 Å². The van der Waals surface area contributed by atoms with Crippen molar-refractivity contribution in [2.75, 3.05) is 17.8 Å². The molecule has 0 saturated heterocycles. The molecule has 2 aliphatic rings. The molecule has 1 N–H and O–H groups in total. The molecule has 1 aliphatic heterocycles. The fourth-order valence-corrected chi connectivity index (χ4v) is 5.26. The number of ether oxygens (including phenoxy) is 1. The van der Waals surface area contributed by atoms with E-state index in [1.807, 2.05) is 30.5 Å². The summed E-state index contributed by atoms with van der Waals surface area (Å²) in [6.07, 6.45) is 8.40. The van der Waals surface area contributed by atoms with Gasteiger partial charge in [-0.05, 0) is 51.1 Å². The average molecular weight is 485 g/mol. The molecule has 0 radical (unpaired) electrons. The number of aromatic nitrogens is 2. The number of nitrogens with one attached hydrogen (secondary N) is 1. The number of benzene rings is 1. The van der Waals surface area contributed by atoms with Crippen LogP contribution in [0.3, 0.4) is 0 Å². The minimum absolute atomic E-state index is 0.0661. The summed E-state index contributed by atoms with van der Waals surface area (Å²) in [4.78, 5) is 42.4.